The summed E-state index contributed by atoms with van der Waals surface area (Å²) in [4.78, 5) is 13.6. The van der Waals surface area contributed by atoms with Crippen LogP contribution < -0.4 is 10.6 Å². The van der Waals surface area contributed by atoms with E-state index < -0.39 is 0 Å². The Morgan fingerprint density at radius 1 is 1.29 bits per heavy atom. The van der Waals surface area contributed by atoms with E-state index in [1.165, 1.54) is 5.56 Å². The van der Waals surface area contributed by atoms with Crippen molar-refractivity contribution in [3.63, 3.8) is 0 Å². The van der Waals surface area contributed by atoms with Crippen LogP contribution in [-0.2, 0) is 10.2 Å². The topological polar surface area (TPSA) is 46.3 Å². The average molecular weight is 234 g/mol. The lowest BCUT2D eigenvalue weighted by atomic mass is 9.85. The number of nitrogens with zero attached hydrogens (tertiary/aromatic N) is 1. The molecule has 0 aliphatic heterocycles. The summed E-state index contributed by atoms with van der Waals surface area (Å²) in [7, 11) is 0. The molecule has 3 heteroatoms. The molecule has 17 heavy (non-hydrogen) atoms. The molecule has 0 atom stereocenters. The van der Waals surface area contributed by atoms with Crippen LogP contribution in [0.5, 0.6) is 0 Å². The molecule has 2 N–H and O–H groups in total. The van der Waals surface area contributed by atoms with Crippen molar-refractivity contribution in [2.75, 3.05) is 18.0 Å². The molecule has 0 fully saturated rings. The van der Waals surface area contributed by atoms with E-state index in [4.69, 9.17) is 5.73 Å². The highest BCUT2D eigenvalue weighted by atomic mass is 16.2. The Hall–Kier alpha value is -1.35. The summed E-state index contributed by atoms with van der Waals surface area (Å²) in [6, 6.07) is 8.02. The summed E-state index contributed by atoms with van der Waals surface area (Å²) in [5.74, 6) is -0.0378. The molecule has 0 saturated carbocycles. The van der Waals surface area contributed by atoms with Crippen molar-refractivity contribution < 1.29 is 4.79 Å². The van der Waals surface area contributed by atoms with E-state index in [1.54, 1.807) is 4.90 Å². The molecule has 1 amide bonds. The lowest BCUT2D eigenvalue weighted by Crippen LogP contribution is -2.37. The maximum absolute atomic E-state index is 11.8. The van der Waals surface area contributed by atoms with Crippen LogP contribution in [0.4, 0.5) is 5.69 Å². The van der Waals surface area contributed by atoms with Crippen LogP contribution in [0.15, 0.2) is 24.3 Å². The van der Waals surface area contributed by atoms with Gasteiger partial charge in [0.15, 0.2) is 0 Å². The highest BCUT2D eigenvalue weighted by Crippen LogP contribution is 2.31. The second-order valence-corrected chi connectivity index (χ2v) is 5.11. The average Bonchev–Trinajstić information content (AvgIpc) is 2.29. The number of rotatable bonds is 3. The van der Waals surface area contributed by atoms with Crippen molar-refractivity contribution in [3.05, 3.63) is 29.8 Å². The normalized spacial score (nSPS) is 11.4. The summed E-state index contributed by atoms with van der Waals surface area (Å²) >= 11 is 0. The molecule has 1 aromatic carbocycles. The molecule has 0 bridgehead atoms. The minimum Gasteiger partial charge on any atom is -0.322 e. The van der Waals surface area contributed by atoms with Gasteiger partial charge < -0.3 is 10.6 Å². The number of hydrogen-bond donors (Lipinski definition) is 1. The van der Waals surface area contributed by atoms with Crippen molar-refractivity contribution in [1.29, 1.82) is 0 Å². The number of carbonyl (C=O) groups excluding carboxylic acids is 1. The van der Waals surface area contributed by atoms with Crippen LogP contribution in [0.25, 0.3) is 0 Å². The molecule has 3 nitrogen and oxygen atoms in total. The second-order valence-electron chi connectivity index (χ2n) is 5.11. The van der Waals surface area contributed by atoms with Gasteiger partial charge in [-0.1, -0.05) is 39.0 Å². The minimum atomic E-state index is -0.0378. The molecule has 0 aliphatic rings. The highest BCUT2D eigenvalue weighted by Gasteiger charge is 2.22. The SMILES string of the molecule is CCN(C(=O)CN)c1ccccc1C(C)(C)C. The standard InChI is InChI=1S/C14H22N2O/c1-5-16(13(17)10-15)12-9-7-6-8-11(12)14(2,3)4/h6-9H,5,10,15H2,1-4H3. The fraction of sp³-hybridized carbons (Fsp3) is 0.500. The zero-order chi connectivity index (χ0) is 13.1. The van der Waals surface area contributed by atoms with E-state index in [2.05, 4.69) is 26.8 Å². The van der Waals surface area contributed by atoms with Crippen molar-refractivity contribution in [3.8, 4) is 0 Å². The summed E-state index contributed by atoms with van der Waals surface area (Å²) in [5, 5.41) is 0. The predicted molar refractivity (Wildman–Crippen MR) is 72.2 cm³/mol. The molecule has 0 aromatic heterocycles. The van der Waals surface area contributed by atoms with Crippen molar-refractivity contribution >= 4 is 11.6 Å². The maximum atomic E-state index is 11.8. The third-order valence-corrected chi connectivity index (χ3v) is 2.79. The Labute approximate surface area is 104 Å². The molecule has 0 radical (unpaired) electrons. The van der Waals surface area contributed by atoms with Gasteiger partial charge in [0.2, 0.25) is 5.91 Å². The van der Waals surface area contributed by atoms with Crippen LogP contribution in [0.1, 0.15) is 33.3 Å². The Morgan fingerprint density at radius 3 is 2.35 bits per heavy atom. The Balaban J connectivity index is 3.25. The Bertz CT molecular complexity index is 393. The smallest absolute Gasteiger partial charge is 0.240 e. The fourth-order valence-corrected chi connectivity index (χ4v) is 1.93. The molecule has 0 saturated heterocycles. The van der Waals surface area contributed by atoms with Gasteiger partial charge in [-0.15, -0.1) is 0 Å². The number of para-hydroxylation sites is 1. The first-order valence-corrected chi connectivity index (χ1v) is 6.01. The maximum Gasteiger partial charge on any atom is 0.240 e. The van der Waals surface area contributed by atoms with Crippen molar-refractivity contribution in [2.24, 2.45) is 5.73 Å². The zero-order valence-electron chi connectivity index (χ0n) is 11.2. The molecule has 1 aromatic rings. The molecule has 0 spiro atoms. The fourth-order valence-electron chi connectivity index (χ4n) is 1.93. The predicted octanol–water partition coefficient (Wildman–Crippen LogP) is 2.30. The Kier molecular flexibility index (Phi) is 4.29. The molecule has 1 rings (SSSR count). The van der Waals surface area contributed by atoms with Crippen LogP contribution in [0.2, 0.25) is 0 Å². The number of hydrogen-bond acceptors (Lipinski definition) is 2. The van der Waals surface area contributed by atoms with Gasteiger partial charge >= 0.3 is 0 Å². The molecule has 0 heterocycles. The number of likely N-dealkylation sites (N-methyl/N-ethyl adjacent to an activating group) is 1. The van der Waals surface area contributed by atoms with E-state index in [1.807, 2.05) is 25.1 Å². The second kappa shape index (κ2) is 5.32. The number of anilines is 1. The third-order valence-electron chi connectivity index (χ3n) is 2.79. The molecular weight excluding hydrogens is 212 g/mol. The molecule has 0 aliphatic carbocycles. The number of carbonyl (C=O) groups is 1. The van der Waals surface area contributed by atoms with Crippen LogP contribution in [0, 0.1) is 0 Å². The van der Waals surface area contributed by atoms with E-state index in [-0.39, 0.29) is 17.9 Å². The van der Waals surface area contributed by atoms with Gasteiger partial charge in [-0.05, 0) is 24.0 Å². The van der Waals surface area contributed by atoms with E-state index in [0.717, 1.165) is 5.69 Å². The van der Waals surface area contributed by atoms with Crippen LogP contribution >= 0.6 is 0 Å². The number of amides is 1. The van der Waals surface area contributed by atoms with Crippen molar-refractivity contribution in [2.45, 2.75) is 33.1 Å². The van der Waals surface area contributed by atoms with E-state index in [9.17, 15) is 4.79 Å². The summed E-state index contributed by atoms with van der Waals surface area (Å²) < 4.78 is 0. The van der Waals surface area contributed by atoms with Crippen LogP contribution in [-0.4, -0.2) is 19.0 Å². The van der Waals surface area contributed by atoms with Gasteiger partial charge in [0.25, 0.3) is 0 Å². The first kappa shape index (κ1) is 13.7. The van der Waals surface area contributed by atoms with Crippen molar-refractivity contribution in [1.82, 2.24) is 0 Å². The van der Waals surface area contributed by atoms with Gasteiger partial charge in [-0.3, -0.25) is 4.79 Å². The first-order chi connectivity index (χ1) is 7.91. The zero-order valence-corrected chi connectivity index (χ0v) is 11.2. The third kappa shape index (κ3) is 3.07. The van der Waals surface area contributed by atoms with Gasteiger partial charge in [-0.25, -0.2) is 0 Å². The van der Waals surface area contributed by atoms with E-state index in [0.29, 0.717) is 6.54 Å². The quantitative estimate of drug-likeness (QED) is 0.872. The monoisotopic (exact) mass is 234 g/mol. The van der Waals surface area contributed by atoms with Gasteiger partial charge in [0.05, 0.1) is 6.54 Å². The number of nitrogens with two attached hydrogens (primary N) is 1. The summed E-state index contributed by atoms with van der Waals surface area (Å²) in [5.41, 5.74) is 7.61. The minimum absolute atomic E-state index is 0.0128. The summed E-state index contributed by atoms with van der Waals surface area (Å²) in [6.45, 7) is 9.09. The molecule has 0 unspecified atom stereocenters. The summed E-state index contributed by atoms with van der Waals surface area (Å²) in [6.07, 6.45) is 0. The lowest BCUT2D eigenvalue weighted by molar-refractivity contribution is -0.117. The highest BCUT2D eigenvalue weighted by molar-refractivity contribution is 5.95. The van der Waals surface area contributed by atoms with Gasteiger partial charge in [0, 0.05) is 12.2 Å². The first-order valence-electron chi connectivity index (χ1n) is 6.01. The lowest BCUT2D eigenvalue weighted by Gasteiger charge is -2.29. The van der Waals surface area contributed by atoms with E-state index >= 15 is 0 Å². The molecule has 94 valence electrons. The van der Waals surface area contributed by atoms with Gasteiger partial charge in [0.1, 0.15) is 0 Å². The molecular formula is C14H22N2O. The van der Waals surface area contributed by atoms with Crippen LogP contribution in [0.3, 0.4) is 0 Å². The number of benzene rings is 1. The van der Waals surface area contributed by atoms with Gasteiger partial charge in [-0.2, -0.15) is 0 Å². The Morgan fingerprint density at radius 2 is 1.88 bits per heavy atom. The largest absolute Gasteiger partial charge is 0.322 e.